The summed E-state index contributed by atoms with van der Waals surface area (Å²) in [5.74, 6) is -0.219. The van der Waals surface area contributed by atoms with Gasteiger partial charge in [-0.25, -0.2) is 5.43 Å². The number of carbonyl (C=O) groups excluding carboxylic acids is 3. The number of fused-ring (bicyclic) bond motifs is 1. The number of amides is 3. The van der Waals surface area contributed by atoms with Gasteiger partial charge in [-0.15, -0.1) is 0 Å². The second-order valence-electron chi connectivity index (χ2n) is 8.35. The number of ether oxygens (including phenoxy) is 4. The van der Waals surface area contributed by atoms with Crippen molar-refractivity contribution in [3.63, 3.8) is 0 Å². The fourth-order valence-electron chi connectivity index (χ4n) is 3.55. The average Bonchev–Trinajstić information content (AvgIpc) is 3.41. The Morgan fingerprint density at radius 2 is 1.90 bits per heavy atom. The number of methoxy groups -OCH3 is 1. The molecule has 0 unspecified atom stereocenters. The van der Waals surface area contributed by atoms with Crippen LogP contribution < -0.4 is 35.0 Å². The third kappa shape index (κ3) is 7.33. The Balaban J connectivity index is 1.29. The van der Waals surface area contributed by atoms with Crippen molar-refractivity contribution >= 4 is 63.8 Å². The zero-order valence-electron chi connectivity index (χ0n) is 21.4. The number of anilines is 1. The van der Waals surface area contributed by atoms with Gasteiger partial charge in [0, 0.05) is 17.3 Å². The number of hydrazone groups is 1. The van der Waals surface area contributed by atoms with Gasteiger partial charge in [-0.05, 0) is 82.6 Å². The Hall–Kier alpha value is -4.04. The number of nitrogens with zero attached hydrogens (tertiary/aromatic N) is 1. The number of benzene rings is 3. The smallest absolute Gasteiger partial charge is 0.329 e. The molecule has 11 nitrogen and oxygen atoms in total. The number of rotatable bonds is 9. The van der Waals surface area contributed by atoms with Crippen molar-refractivity contribution in [1.82, 2.24) is 10.7 Å². The summed E-state index contributed by atoms with van der Waals surface area (Å²) in [4.78, 5) is 36.7. The predicted molar refractivity (Wildman–Crippen MR) is 156 cm³/mol. The normalized spacial score (nSPS) is 11.7. The molecule has 13 heteroatoms. The second kappa shape index (κ2) is 13.3. The first-order valence-corrected chi connectivity index (χ1v) is 13.3. The highest BCUT2D eigenvalue weighted by Crippen LogP contribution is 2.34. The highest BCUT2D eigenvalue weighted by Gasteiger charge is 2.17. The third-order valence-corrected chi connectivity index (χ3v) is 6.83. The summed E-state index contributed by atoms with van der Waals surface area (Å²) in [5.41, 5.74) is 4.85. The fraction of sp³-hybridized carbons (Fsp3) is 0.185. The van der Waals surface area contributed by atoms with Crippen molar-refractivity contribution in [2.75, 3.05) is 25.8 Å². The summed E-state index contributed by atoms with van der Waals surface area (Å²) in [5, 5.41) is 9.69. The summed E-state index contributed by atoms with van der Waals surface area (Å²) in [6.07, 6.45) is 1.35. The molecule has 4 rings (SSSR count). The lowest BCUT2D eigenvalue weighted by atomic mass is 10.2. The molecule has 3 N–H and O–H groups in total. The van der Waals surface area contributed by atoms with Crippen molar-refractivity contribution < 1.29 is 33.3 Å². The van der Waals surface area contributed by atoms with Gasteiger partial charge in [0.25, 0.3) is 5.91 Å². The van der Waals surface area contributed by atoms with Crippen molar-refractivity contribution in [2.45, 2.75) is 13.5 Å². The number of nitrogens with one attached hydrogen (secondary N) is 3. The van der Waals surface area contributed by atoms with E-state index in [1.165, 1.54) is 13.3 Å². The SMILES string of the molecule is COc1cc(/C=N\NC(=O)C(=O)NCc2ccc3c(c2)OCO3)cc(I)c1OCC(=O)Nc1cccc(Cl)c1C. The van der Waals surface area contributed by atoms with Gasteiger partial charge in [-0.3, -0.25) is 14.4 Å². The molecule has 0 atom stereocenters. The molecule has 0 saturated heterocycles. The molecule has 40 heavy (non-hydrogen) atoms. The van der Waals surface area contributed by atoms with Gasteiger partial charge in [-0.2, -0.15) is 5.10 Å². The fourth-order valence-corrected chi connectivity index (χ4v) is 4.51. The lowest BCUT2D eigenvalue weighted by molar-refractivity contribution is -0.139. The van der Waals surface area contributed by atoms with Crippen molar-refractivity contribution in [3.8, 4) is 23.0 Å². The van der Waals surface area contributed by atoms with E-state index in [-0.39, 0.29) is 25.9 Å². The maximum absolute atomic E-state index is 12.4. The molecule has 208 valence electrons. The maximum Gasteiger partial charge on any atom is 0.329 e. The minimum absolute atomic E-state index is 0.125. The number of halogens is 2. The molecule has 1 heterocycles. The van der Waals surface area contributed by atoms with Gasteiger partial charge in [0.1, 0.15) is 0 Å². The molecule has 1 aliphatic rings. The van der Waals surface area contributed by atoms with E-state index >= 15 is 0 Å². The summed E-state index contributed by atoms with van der Waals surface area (Å²) in [7, 11) is 1.46. The highest BCUT2D eigenvalue weighted by atomic mass is 127. The molecular formula is C27H24ClIN4O7. The standard InChI is InChI=1S/C27H24ClIN4O7/c1-15-18(28)4-3-5-20(15)32-24(34)13-38-25-19(29)8-17(10-23(25)37-2)12-31-33-27(36)26(35)30-11-16-6-7-21-22(9-16)40-14-39-21/h3-10,12H,11,13-14H2,1-2H3,(H,30,35)(H,32,34)(H,33,36)/b31-12-. The number of hydrogen-bond donors (Lipinski definition) is 3. The molecule has 3 aromatic carbocycles. The van der Waals surface area contributed by atoms with Crippen LogP contribution in [0.5, 0.6) is 23.0 Å². The van der Waals surface area contributed by atoms with E-state index in [9.17, 15) is 14.4 Å². The Bertz CT molecular complexity index is 1480. The van der Waals surface area contributed by atoms with Gasteiger partial charge >= 0.3 is 11.8 Å². The van der Waals surface area contributed by atoms with E-state index in [0.29, 0.717) is 42.8 Å². The summed E-state index contributed by atoms with van der Waals surface area (Å²) in [6.45, 7) is 1.82. The predicted octanol–water partition coefficient (Wildman–Crippen LogP) is 3.77. The molecule has 0 spiro atoms. The van der Waals surface area contributed by atoms with Gasteiger partial charge < -0.3 is 29.6 Å². The van der Waals surface area contributed by atoms with Crippen LogP contribution in [0.3, 0.4) is 0 Å². The van der Waals surface area contributed by atoms with Crippen LogP contribution in [-0.4, -0.2) is 44.4 Å². The second-order valence-corrected chi connectivity index (χ2v) is 9.92. The van der Waals surface area contributed by atoms with Crippen LogP contribution >= 0.6 is 34.2 Å². The Kier molecular flexibility index (Phi) is 9.66. The van der Waals surface area contributed by atoms with E-state index in [1.807, 2.05) is 22.6 Å². The van der Waals surface area contributed by atoms with Gasteiger partial charge in [-0.1, -0.05) is 23.7 Å². The van der Waals surface area contributed by atoms with E-state index in [0.717, 1.165) is 11.1 Å². The monoisotopic (exact) mass is 678 g/mol. The number of hydrogen-bond acceptors (Lipinski definition) is 8. The molecule has 1 aliphatic heterocycles. The lowest BCUT2D eigenvalue weighted by Crippen LogP contribution is -2.37. The van der Waals surface area contributed by atoms with Crippen molar-refractivity contribution in [3.05, 3.63) is 73.8 Å². The molecule has 3 aromatic rings. The van der Waals surface area contributed by atoms with Crippen LogP contribution in [0.15, 0.2) is 53.6 Å². The number of carbonyl (C=O) groups is 3. The van der Waals surface area contributed by atoms with Gasteiger partial charge in [0.05, 0.1) is 16.9 Å². The van der Waals surface area contributed by atoms with Gasteiger partial charge in [0.15, 0.2) is 29.6 Å². The first kappa shape index (κ1) is 29.0. The quantitative estimate of drug-likeness (QED) is 0.136. The zero-order chi connectivity index (χ0) is 28.6. The van der Waals surface area contributed by atoms with Crippen LogP contribution in [0.1, 0.15) is 16.7 Å². The van der Waals surface area contributed by atoms with E-state index in [4.69, 9.17) is 30.5 Å². The average molecular weight is 679 g/mol. The highest BCUT2D eigenvalue weighted by molar-refractivity contribution is 14.1. The molecule has 0 fully saturated rings. The van der Waals surface area contributed by atoms with Crippen LogP contribution in [0, 0.1) is 10.5 Å². The Labute approximate surface area is 248 Å². The van der Waals surface area contributed by atoms with Crippen LogP contribution in [0.4, 0.5) is 5.69 Å². The zero-order valence-corrected chi connectivity index (χ0v) is 24.3. The van der Waals surface area contributed by atoms with E-state index in [1.54, 1.807) is 55.5 Å². The van der Waals surface area contributed by atoms with Crippen LogP contribution in [0.25, 0.3) is 0 Å². The lowest BCUT2D eigenvalue weighted by Gasteiger charge is -2.14. The largest absolute Gasteiger partial charge is 0.493 e. The Morgan fingerprint density at radius 3 is 2.70 bits per heavy atom. The topological polar surface area (TPSA) is 137 Å². The molecule has 0 aliphatic carbocycles. The van der Waals surface area contributed by atoms with Crippen molar-refractivity contribution in [2.24, 2.45) is 5.10 Å². The van der Waals surface area contributed by atoms with E-state index in [2.05, 4.69) is 21.2 Å². The van der Waals surface area contributed by atoms with E-state index < -0.39 is 11.8 Å². The molecule has 0 radical (unpaired) electrons. The molecule has 0 bridgehead atoms. The maximum atomic E-state index is 12.4. The minimum atomic E-state index is -0.931. The van der Waals surface area contributed by atoms with Crippen molar-refractivity contribution in [1.29, 1.82) is 0 Å². The first-order chi connectivity index (χ1) is 19.2. The molecule has 0 aromatic heterocycles. The van der Waals surface area contributed by atoms with Crippen LogP contribution in [-0.2, 0) is 20.9 Å². The summed E-state index contributed by atoms with van der Waals surface area (Å²) < 4.78 is 22.3. The first-order valence-electron chi connectivity index (χ1n) is 11.8. The van der Waals surface area contributed by atoms with Crippen LogP contribution in [0.2, 0.25) is 5.02 Å². The Morgan fingerprint density at radius 1 is 1.10 bits per heavy atom. The minimum Gasteiger partial charge on any atom is -0.493 e. The molecule has 3 amide bonds. The molecular weight excluding hydrogens is 655 g/mol. The summed E-state index contributed by atoms with van der Waals surface area (Å²) in [6, 6.07) is 13.8. The van der Waals surface area contributed by atoms with Gasteiger partial charge in [0.2, 0.25) is 6.79 Å². The molecule has 0 saturated carbocycles. The third-order valence-electron chi connectivity index (χ3n) is 5.62. The summed E-state index contributed by atoms with van der Waals surface area (Å²) >= 11 is 8.14.